The van der Waals surface area contributed by atoms with E-state index in [1.165, 1.54) is 19.2 Å². The minimum atomic E-state index is -0.597. The normalized spacial score (nSPS) is 10.9. The van der Waals surface area contributed by atoms with Gasteiger partial charge in [0.25, 0.3) is 5.91 Å². The average Bonchev–Trinajstić information content (AvgIpc) is 3.35. The van der Waals surface area contributed by atoms with E-state index >= 15 is 0 Å². The number of carbonyl (C=O) groups excluding carboxylic acids is 1. The number of ether oxygens (including phenoxy) is 1. The molecule has 1 amide bonds. The minimum absolute atomic E-state index is 0.0835. The van der Waals surface area contributed by atoms with Crippen LogP contribution in [-0.4, -0.2) is 32.8 Å². The molecule has 0 fully saturated rings. The molecule has 0 spiro atoms. The summed E-state index contributed by atoms with van der Waals surface area (Å²) in [4.78, 5) is 12.3. The van der Waals surface area contributed by atoms with Crippen molar-refractivity contribution in [1.82, 2.24) is 25.1 Å². The number of aromatic nitrogens is 4. The van der Waals surface area contributed by atoms with E-state index in [4.69, 9.17) is 4.74 Å². The van der Waals surface area contributed by atoms with E-state index in [9.17, 15) is 9.18 Å². The summed E-state index contributed by atoms with van der Waals surface area (Å²) in [7, 11) is 1.37. The molecule has 0 radical (unpaired) electrons. The Kier molecular flexibility index (Phi) is 4.51. The topological polar surface area (TPSA) is 81.4 Å². The molecular formula is C18H14FN5O2S. The van der Waals surface area contributed by atoms with Gasteiger partial charge >= 0.3 is 0 Å². The first-order chi connectivity index (χ1) is 13.2. The Morgan fingerprint density at radius 3 is 2.89 bits per heavy atom. The van der Waals surface area contributed by atoms with Crippen molar-refractivity contribution in [2.45, 2.75) is 6.54 Å². The molecule has 0 aliphatic carbocycles. The van der Waals surface area contributed by atoms with Crippen molar-refractivity contribution in [3.05, 3.63) is 64.4 Å². The van der Waals surface area contributed by atoms with E-state index in [0.29, 0.717) is 11.5 Å². The van der Waals surface area contributed by atoms with Gasteiger partial charge in [0.15, 0.2) is 23.0 Å². The first-order valence-corrected chi connectivity index (χ1v) is 8.95. The lowest BCUT2D eigenvalue weighted by molar-refractivity contribution is 0.0949. The molecule has 0 aliphatic rings. The van der Waals surface area contributed by atoms with Gasteiger partial charge in [-0.1, -0.05) is 0 Å². The molecule has 7 nitrogen and oxygen atoms in total. The molecule has 1 N–H and O–H groups in total. The molecular weight excluding hydrogens is 369 g/mol. The van der Waals surface area contributed by atoms with E-state index in [1.807, 2.05) is 29.0 Å². The van der Waals surface area contributed by atoms with Gasteiger partial charge in [-0.2, -0.15) is 21.0 Å². The monoisotopic (exact) mass is 383 g/mol. The molecule has 1 aromatic carbocycles. The van der Waals surface area contributed by atoms with Crippen LogP contribution in [0.5, 0.6) is 5.75 Å². The molecule has 3 heterocycles. The van der Waals surface area contributed by atoms with Crippen LogP contribution in [0.2, 0.25) is 0 Å². The smallest absolute Gasteiger partial charge is 0.251 e. The number of carbonyl (C=O) groups is 1. The number of nitrogens with one attached hydrogen (secondary N) is 1. The zero-order valence-electron chi connectivity index (χ0n) is 14.2. The first-order valence-electron chi connectivity index (χ1n) is 8.01. The number of benzene rings is 1. The lowest BCUT2D eigenvalue weighted by Gasteiger charge is -2.06. The van der Waals surface area contributed by atoms with Gasteiger partial charge in [0.2, 0.25) is 0 Å². The van der Waals surface area contributed by atoms with Gasteiger partial charge in [-0.05, 0) is 41.8 Å². The summed E-state index contributed by atoms with van der Waals surface area (Å²) in [5, 5.41) is 19.3. The number of methoxy groups -OCH3 is 1. The van der Waals surface area contributed by atoms with E-state index in [2.05, 4.69) is 20.6 Å². The molecule has 9 heteroatoms. The van der Waals surface area contributed by atoms with Gasteiger partial charge in [-0.25, -0.2) is 4.39 Å². The highest BCUT2D eigenvalue weighted by Crippen LogP contribution is 2.20. The summed E-state index contributed by atoms with van der Waals surface area (Å²) in [6.45, 7) is 0.105. The fourth-order valence-electron chi connectivity index (χ4n) is 2.58. The second-order valence-corrected chi connectivity index (χ2v) is 6.43. The largest absolute Gasteiger partial charge is 0.494 e. The first kappa shape index (κ1) is 17.1. The maximum atomic E-state index is 13.8. The second kappa shape index (κ2) is 7.12. The number of thiophene rings is 1. The maximum absolute atomic E-state index is 13.8. The fourth-order valence-corrected chi connectivity index (χ4v) is 3.23. The molecule has 0 unspecified atom stereocenters. The van der Waals surface area contributed by atoms with E-state index < -0.39 is 11.7 Å². The maximum Gasteiger partial charge on any atom is 0.251 e. The number of hydrogen-bond donors (Lipinski definition) is 1. The predicted octanol–water partition coefficient (Wildman–Crippen LogP) is 2.93. The number of fused-ring (bicyclic) bond motifs is 1. The van der Waals surface area contributed by atoms with Crippen molar-refractivity contribution in [3.8, 4) is 17.0 Å². The van der Waals surface area contributed by atoms with Crippen LogP contribution in [0.4, 0.5) is 4.39 Å². The third-order valence-electron chi connectivity index (χ3n) is 3.97. The number of amides is 1. The van der Waals surface area contributed by atoms with Crippen LogP contribution >= 0.6 is 11.3 Å². The zero-order chi connectivity index (χ0) is 18.8. The van der Waals surface area contributed by atoms with Crippen LogP contribution in [0.3, 0.4) is 0 Å². The third kappa shape index (κ3) is 3.36. The predicted molar refractivity (Wildman–Crippen MR) is 98.2 cm³/mol. The van der Waals surface area contributed by atoms with Gasteiger partial charge in [0.05, 0.1) is 19.3 Å². The fraction of sp³-hybridized carbons (Fsp3) is 0.111. The van der Waals surface area contributed by atoms with Crippen LogP contribution < -0.4 is 10.1 Å². The van der Waals surface area contributed by atoms with Crippen LogP contribution in [-0.2, 0) is 6.54 Å². The van der Waals surface area contributed by atoms with Crippen molar-refractivity contribution in [2.24, 2.45) is 0 Å². The molecule has 3 aromatic heterocycles. The van der Waals surface area contributed by atoms with Crippen LogP contribution in [0.1, 0.15) is 16.2 Å². The highest BCUT2D eigenvalue weighted by Gasteiger charge is 2.13. The molecule has 4 aromatic rings. The molecule has 0 saturated carbocycles. The number of halogens is 1. The Morgan fingerprint density at radius 1 is 1.26 bits per heavy atom. The lowest BCUT2D eigenvalue weighted by Crippen LogP contribution is -2.24. The van der Waals surface area contributed by atoms with Gasteiger partial charge < -0.3 is 10.1 Å². The average molecular weight is 383 g/mol. The van der Waals surface area contributed by atoms with Crippen molar-refractivity contribution in [2.75, 3.05) is 7.11 Å². The second-order valence-electron chi connectivity index (χ2n) is 5.65. The van der Waals surface area contributed by atoms with E-state index in [-0.39, 0.29) is 17.9 Å². The van der Waals surface area contributed by atoms with Crippen molar-refractivity contribution < 1.29 is 13.9 Å². The molecule has 27 heavy (non-hydrogen) atoms. The van der Waals surface area contributed by atoms with Gasteiger partial charge in [-0.15, -0.1) is 10.2 Å². The highest BCUT2D eigenvalue weighted by molar-refractivity contribution is 7.08. The van der Waals surface area contributed by atoms with E-state index in [1.54, 1.807) is 15.9 Å². The van der Waals surface area contributed by atoms with Crippen molar-refractivity contribution in [3.63, 3.8) is 0 Å². The number of hydrogen-bond acceptors (Lipinski definition) is 6. The standard InChI is InChI=1S/C18H14FN5O2S/c1-26-15-4-2-11(8-13(15)19)18(25)20-9-17-22-21-16-5-3-14(23-24(16)17)12-6-7-27-10-12/h2-8,10H,9H2,1H3,(H,20,25). The van der Waals surface area contributed by atoms with Crippen LogP contribution in [0.15, 0.2) is 47.2 Å². The van der Waals surface area contributed by atoms with Crippen molar-refractivity contribution >= 4 is 22.9 Å². The summed E-state index contributed by atoms with van der Waals surface area (Å²) in [6.07, 6.45) is 0. The molecule has 0 bridgehead atoms. The minimum Gasteiger partial charge on any atom is -0.494 e. The summed E-state index contributed by atoms with van der Waals surface area (Å²) in [5.74, 6) is -0.466. The SMILES string of the molecule is COc1ccc(C(=O)NCc2nnc3ccc(-c4ccsc4)nn23)cc1F. The van der Waals surface area contributed by atoms with Crippen LogP contribution in [0, 0.1) is 5.82 Å². The molecule has 0 saturated heterocycles. The Labute approximate surface area is 157 Å². The Hall–Kier alpha value is -3.33. The quantitative estimate of drug-likeness (QED) is 0.573. The summed E-state index contributed by atoms with van der Waals surface area (Å²) < 4.78 is 20.2. The molecule has 0 aliphatic heterocycles. The summed E-state index contributed by atoms with van der Waals surface area (Å²) in [6, 6.07) is 9.69. The number of nitrogens with zero attached hydrogens (tertiary/aromatic N) is 4. The summed E-state index contributed by atoms with van der Waals surface area (Å²) in [5.41, 5.74) is 2.55. The van der Waals surface area contributed by atoms with Gasteiger partial charge in [0, 0.05) is 16.5 Å². The van der Waals surface area contributed by atoms with Gasteiger partial charge in [0.1, 0.15) is 0 Å². The van der Waals surface area contributed by atoms with Crippen molar-refractivity contribution in [1.29, 1.82) is 0 Å². The van der Waals surface area contributed by atoms with E-state index in [0.717, 1.165) is 17.3 Å². The molecule has 136 valence electrons. The Bertz CT molecular complexity index is 1110. The molecule has 0 atom stereocenters. The zero-order valence-corrected chi connectivity index (χ0v) is 15.0. The highest BCUT2D eigenvalue weighted by atomic mass is 32.1. The number of rotatable bonds is 5. The summed E-state index contributed by atoms with van der Waals surface area (Å²) >= 11 is 1.58. The third-order valence-corrected chi connectivity index (χ3v) is 4.65. The Balaban J connectivity index is 1.54. The lowest BCUT2D eigenvalue weighted by atomic mass is 10.2. The van der Waals surface area contributed by atoms with Crippen LogP contribution in [0.25, 0.3) is 16.9 Å². The Morgan fingerprint density at radius 2 is 2.15 bits per heavy atom. The molecule has 4 rings (SSSR count). The van der Waals surface area contributed by atoms with Gasteiger partial charge in [-0.3, -0.25) is 4.79 Å².